The molecule has 2 N–H and O–H groups in total. The number of hydrogen-bond acceptors (Lipinski definition) is 3. The summed E-state index contributed by atoms with van der Waals surface area (Å²) in [6, 6.07) is 0. The number of carbonyl (C=O) groups is 2. The number of aliphatic carboxylic acids is 1. The Balaban J connectivity index is 3.63. The number of rotatable bonds is 7. The second kappa shape index (κ2) is 6.79. The summed E-state index contributed by atoms with van der Waals surface area (Å²) in [5.41, 5.74) is 0. The number of hydrogen-bond donors (Lipinski definition) is 2. The van der Waals surface area contributed by atoms with Crippen molar-refractivity contribution in [1.29, 1.82) is 0 Å². The van der Waals surface area contributed by atoms with Crippen molar-refractivity contribution < 1.29 is 19.8 Å². The van der Waals surface area contributed by atoms with Crippen LogP contribution in [0.3, 0.4) is 0 Å². The van der Waals surface area contributed by atoms with Crippen LogP contribution in [0.2, 0.25) is 0 Å². The van der Waals surface area contributed by atoms with Crippen LogP contribution in [0.15, 0.2) is 0 Å². The van der Waals surface area contributed by atoms with Crippen molar-refractivity contribution in [2.45, 2.75) is 25.7 Å². The number of aliphatic hydroxyl groups excluding tert-OH is 1. The Kier molecular flexibility index (Phi) is 6.28. The minimum Gasteiger partial charge on any atom is -0.481 e. The van der Waals surface area contributed by atoms with Gasteiger partial charge >= 0.3 is 5.97 Å². The minimum atomic E-state index is -0.931. The van der Waals surface area contributed by atoms with E-state index in [-0.39, 0.29) is 13.0 Å². The van der Waals surface area contributed by atoms with Crippen LogP contribution in [0.25, 0.3) is 0 Å². The molecule has 0 aliphatic rings. The monoisotopic (exact) mass is 174 g/mol. The molecule has 70 valence electrons. The zero-order valence-electron chi connectivity index (χ0n) is 6.90. The van der Waals surface area contributed by atoms with E-state index in [2.05, 4.69) is 0 Å². The molecule has 4 heteroatoms. The minimum absolute atomic E-state index is 0.0702. The van der Waals surface area contributed by atoms with Gasteiger partial charge < -0.3 is 15.0 Å². The quantitative estimate of drug-likeness (QED) is 0.433. The van der Waals surface area contributed by atoms with Crippen LogP contribution in [0, 0.1) is 5.92 Å². The fourth-order valence-corrected chi connectivity index (χ4v) is 0.961. The Hall–Kier alpha value is -0.900. The molecule has 1 unspecified atom stereocenters. The lowest BCUT2D eigenvalue weighted by Gasteiger charge is -2.06. The summed E-state index contributed by atoms with van der Waals surface area (Å²) in [5, 5.41) is 17.0. The van der Waals surface area contributed by atoms with Gasteiger partial charge in [0.25, 0.3) is 0 Å². The maximum absolute atomic E-state index is 10.5. The van der Waals surface area contributed by atoms with Gasteiger partial charge in [0.05, 0.1) is 5.92 Å². The first-order valence-corrected chi connectivity index (χ1v) is 3.99. The molecule has 0 radical (unpaired) electrons. The van der Waals surface area contributed by atoms with Crippen molar-refractivity contribution in [3.05, 3.63) is 0 Å². The summed E-state index contributed by atoms with van der Waals surface area (Å²) in [6.07, 6.45) is 2.41. The van der Waals surface area contributed by atoms with Gasteiger partial charge in [-0.2, -0.15) is 0 Å². The van der Waals surface area contributed by atoms with Gasteiger partial charge in [-0.3, -0.25) is 4.79 Å². The maximum Gasteiger partial charge on any atom is 0.306 e. The summed E-state index contributed by atoms with van der Waals surface area (Å²) in [5.74, 6) is -1.51. The van der Waals surface area contributed by atoms with Gasteiger partial charge in [-0.25, -0.2) is 0 Å². The van der Waals surface area contributed by atoms with Crippen molar-refractivity contribution in [3.8, 4) is 0 Å². The molecule has 0 aliphatic carbocycles. The molecule has 0 aromatic heterocycles. The fourth-order valence-electron chi connectivity index (χ4n) is 0.961. The predicted octanol–water partition coefficient (Wildman–Crippen LogP) is 0.439. The third kappa shape index (κ3) is 4.85. The first-order chi connectivity index (χ1) is 5.72. The molecule has 1 atom stereocenters. The van der Waals surface area contributed by atoms with Gasteiger partial charge in [0.1, 0.15) is 6.29 Å². The largest absolute Gasteiger partial charge is 0.481 e. The highest BCUT2D eigenvalue weighted by molar-refractivity contribution is 5.73. The highest BCUT2D eigenvalue weighted by Gasteiger charge is 2.15. The molecule has 0 amide bonds. The van der Waals surface area contributed by atoms with E-state index in [1.165, 1.54) is 0 Å². The van der Waals surface area contributed by atoms with Crippen molar-refractivity contribution in [2.75, 3.05) is 6.61 Å². The third-order valence-corrected chi connectivity index (χ3v) is 1.69. The summed E-state index contributed by atoms with van der Waals surface area (Å²) < 4.78 is 0. The van der Waals surface area contributed by atoms with Crippen LogP contribution in [0.1, 0.15) is 25.7 Å². The fraction of sp³-hybridized carbons (Fsp3) is 0.750. The van der Waals surface area contributed by atoms with Gasteiger partial charge in [0, 0.05) is 13.0 Å². The Morgan fingerprint density at radius 1 is 1.42 bits per heavy atom. The van der Waals surface area contributed by atoms with Crippen LogP contribution in [0.5, 0.6) is 0 Å². The molecule has 0 rings (SSSR count). The van der Waals surface area contributed by atoms with Crippen molar-refractivity contribution in [2.24, 2.45) is 5.92 Å². The SMILES string of the molecule is O=CCC(CCCCO)C(=O)O. The molecule has 0 saturated heterocycles. The van der Waals surface area contributed by atoms with Crippen LogP contribution < -0.4 is 0 Å². The second-order valence-electron chi connectivity index (χ2n) is 2.66. The van der Waals surface area contributed by atoms with E-state index in [0.29, 0.717) is 25.5 Å². The van der Waals surface area contributed by atoms with E-state index in [0.717, 1.165) is 0 Å². The predicted molar refractivity (Wildman–Crippen MR) is 42.7 cm³/mol. The lowest BCUT2D eigenvalue weighted by molar-refractivity contribution is -0.143. The Morgan fingerprint density at radius 2 is 2.08 bits per heavy atom. The normalized spacial score (nSPS) is 12.4. The Morgan fingerprint density at radius 3 is 2.50 bits per heavy atom. The molecular weight excluding hydrogens is 160 g/mol. The molecule has 0 spiro atoms. The molecule has 0 aromatic carbocycles. The van der Waals surface area contributed by atoms with E-state index in [4.69, 9.17) is 10.2 Å². The van der Waals surface area contributed by atoms with Crippen molar-refractivity contribution in [3.63, 3.8) is 0 Å². The molecule has 0 saturated carbocycles. The number of unbranched alkanes of at least 4 members (excludes halogenated alkanes) is 1. The number of carbonyl (C=O) groups excluding carboxylic acids is 1. The molecule has 0 aliphatic heterocycles. The summed E-state index contributed by atoms with van der Waals surface area (Å²) in [6.45, 7) is 0.0768. The first-order valence-electron chi connectivity index (χ1n) is 3.99. The summed E-state index contributed by atoms with van der Waals surface area (Å²) >= 11 is 0. The van der Waals surface area contributed by atoms with Gasteiger partial charge in [0.2, 0.25) is 0 Å². The number of carboxylic acid groups (broad SMARTS) is 1. The van der Waals surface area contributed by atoms with E-state index in [1.807, 2.05) is 0 Å². The number of carboxylic acids is 1. The maximum atomic E-state index is 10.5. The van der Waals surface area contributed by atoms with Gasteiger partial charge in [0.15, 0.2) is 0 Å². The Bertz CT molecular complexity index is 144. The molecule has 0 bridgehead atoms. The van der Waals surface area contributed by atoms with E-state index in [9.17, 15) is 9.59 Å². The summed E-state index contributed by atoms with van der Waals surface area (Å²) in [7, 11) is 0. The zero-order chi connectivity index (χ0) is 9.40. The van der Waals surface area contributed by atoms with E-state index >= 15 is 0 Å². The van der Waals surface area contributed by atoms with Crippen LogP contribution in [0.4, 0.5) is 0 Å². The highest BCUT2D eigenvalue weighted by atomic mass is 16.4. The number of aliphatic hydroxyl groups is 1. The van der Waals surface area contributed by atoms with Crippen LogP contribution in [-0.4, -0.2) is 29.1 Å². The molecular formula is C8H14O4. The van der Waals surface area contributed by atoms with E-state index in [1.54, 1.807) is 0 Å². The Labute approximate surface area is 71.2 Å². The topological polar surface area (TPSA) is 74.6 Å². The zero-order valence-corrected chi connectivity index (χ0v) is 6.90. The van der Waals surface area contributed by atoms with Gasteiger partial charge in [-0.15, -0.1) is 0 Å². The van der Waals surface area contributed by atoms with Gasteiger partial charge in [-0.1, -0.05) is 6.42 Å². The molecule has 12 heavy (non-hydrogen) atoms. The standard InChI is InChI=1S/C8H14O4/c9-5-2-1-3-7(4-6-10)8(11)12/h6-7,9H,1-5H2,(H,11,12). The molecule has 0 fully saturated rings. The smallest absolute Gasteiger partial charge is 0.306 e. The second-order valence-corrected chi connectivity index (χ2v) is 2.66. The lowest BCUT2D eigenvalue weighted by Crippen LogP contribution is -2.14. The molecule has 4 nitrogen and oxygen atoms in total. The molecule has 0 aromatic rings. The van der Waals surface area contributed by atoms with E-state index < -0.39 is 11.9 Å². The van der Waals surface area contributed by atoms with Crippen LogP contribution >= 0.6 is 0 Å². The van der Waals surface area contributed by atoms with Crippen molar-refractivity contribution in [1.82, 2.24) is 0 Å². The van der Waals surface area contributed by atoms with Gasteiger partial charge in [-0.05, 0) is 12.8 Å². The average molecular weight is 174 g/mol. The first kappa shape index (κ1) is 11.1. The highest BCUT2D eigenvalue weighted by Crippen LogP contribution is 2.11. The molecule has 0 heterocycles. The summed E-state index contributed by atoms with van der Waals surface area (Å²) in [4.78, 5) is 20.5. The van der Waals surface area contributed by atoms with Crippen LogP contribution in [-0.2, 0) is 9.59 Å². The lowest BCUT2D eigenvalue weighted by atomic mass is 9.99. The average Bonchev–Trinajstić information content (AvgIpc) is 2.03. The number of aldehydes is 1. The van der Waals surface area contributed by atoms with Crippen molar-refractivity contribution >= 4 is 12.3 Å². The third-order valence-electron chi connectivity index (χ3n) is 1.69.